The lowest BCUT2D eigenvalue weighted by Crippen LogP contribution is -2.23. The van der Waals surface area contributed by atoms with Gasteiger partial charge in [0.25, 0.3) is 11.8 Å². The number of aromatic nitrogens is 1. The molecule has 24 heavy (non-hydrogen) atoms. The summed E-state index contributed by atoms with van der Waals surface area (Å²) in [5.41, 5.74) is 3.63. The molecule has 2 aromatic rings. The van der Waals surface area contributed by atoms with Crippen LogP contribution in [0.1, 0.15) is 44.1 Å². The fourth-order valence-corrected chi connectivity index (χ4v) is 3.18. The summed E-state index contributed by atoms with van der Waals surface area (Å²) >= 11 is 0. The van der Waals surface area contributed by atoms with E-state index in [1.54, 1.807) is 24.6 Å². The minimum Gasteiger partial charge on any atom is -0.352 e. The highest BCUT2D eigenvalue weighted by Gasteiger charge is 2.28. The molecule has 0 saturated carbocycles. The number of halogens is 1. The number of carbonyl (C=O) groups excluding carboxylic acids is 2. The summed E-state index contributed by atoms with van der Waals surface area (Å²) in [6, 6.07) is 4.45. The van der Waals surface area contributed by atoms with Crippen LogP contribution < -0.4 is 10.6 Å². The molecule has 2 N–H and O–H groups in total. The van der Waals surface area contributed by atoms with E-state index in [2.05, 4.69) is 10.6 Å². The molecule has 1 aliphatic rings. The number of amides is 2. The molecule has 6 heteroatoms. The molecule has 1 aromatic carbocycles. The SMILES string of the molecule is Cc1cc(NC(=O)c2c3c(c(C)n2C)C(=O)NCCC3)ccc1F. The lowest BCUT2D eigenvalue weighted by atomic mass is 10.0. The first-order valence-corrected chi connectivity index (χ1v) is 7.94. The third kappa shape index (κ3) is 2.68. The van der Waals surface area contributed by atoms with Gasteiger partial charge < -0.3 is 15.2 Å². The highest BCUT2D eigenvalue weighted by atomic mass is 19.1. The summed E-state index contributed by atoms with van der Waals surface area (Å²) in [7, 11) is 1.78. The van der Waals surface area contributed by atoms with E-state index in [-0.39, 0.29) is 17.6 Å². The zero-order valence-corrected chi connectivity index (χ0v) is 14.0. The Hall–Kier alpha value is -2.63. The van der Waals surface area contributed by atoms with E-state index in [9.17, 15) is 14.0 Å². The van der Waals surface area contributed by atoms with Crippen molar-refractivity contribution in [2.45, 2.75) is 26.7 Å². The highest BCUT2D eigenvalue weighted by molar-refractivity contribution is 6.08. The van der Waals surface area contributed by atoms with Gasteiger partial charge in [-0.25, -0.2) is 4.39 Å². The van der Waals surface area contributed by atoms with Gasteiger partial charge in [0.1, 0.15) is 11.5 Å². The first kappa shape index (κ1) is 16.2. The van der Waals surface area contributed by atoms with E-state index in [4.69, 9.17) is 0 Å². The number of aryl methyl sites for hydroxylation is 1. The van der Waals surface area contributed by atoms with E-state index < -0.39 is 0 Å². The van der Waals surface area contributed by atoms with Crippen LogP contribution in [0, 0.1) is 19.7 Å². The Morgan fingerprint density at radius 1 is 1.33 bits per heavy atom. The number of hydrogen-bond acceptors (Lipinski definition) is 2. The van der Waals surface area contributed by atoms with Crippen molar-refractivity contribution in [3.05, 3.63) is 52.1 Å². The van der Waals surface area contributed by atoms with E-state index in [1.807, 2.05) is 6.92 Å². The largest absolute Gasteiger partial charge is 0.352 e. The van der Waals surface area contributed by atoms with Gasteiger partial charge in [-0.15, -0.1) is 0 Å². The second kappa shape index (κ2) is 6.11. The quantitative estimate of drug-likeness (QED) is 0.890. The van der Waals surface area contributed by atoms with Crippen molar-refractivity contribution in [1.29, 1.82) is 0 Å². The molecule has 5 nitrogen and oxygen atoms in total. The fraction of sp³-hybridized carbons (Fsp3) is 0.333. The van der Waals surface area contributed by atoms with Gasteiger partial charge in [0.2, 0.25) is 0 Å². The lowest BCUT2D eigenvalue weighted by molar-refractivity contribution is 0.0954. The summed E-state index contributed by atoms with van der Waals surface area (Å²) in [5.74, 6) is -0.733. The molecule has 1 aromatic heterocycles. The third-order valence-electron chi connectivity index (χ3n) is 4.54. The van der Waals surface area contributed by atoms with Gasteiger partial charge in [-0.3, -0.25) is 9.59 Å². The number of rotatable bonds is 2. The van der Waals surface area contributed by atoms with Crippen molar-refractivity contribution in [3.8, 4) is 0 Å². The zero-order chi connectivity index (χ0) is 17.4. The summed E-state index contributed by atoms with van der Waals surface area (Å²) in [5, 5.41) is 5.67. The molecule has 0 atom stereocenters. The van der Waals surface area contributed by atoms with Gasteiger partial charge in [0.05, 0.1) is 5.56 Å². The molecule has 3 rings (SSSR count). The molecule has 0 bridgehead atoms. The molecule has 2 heterocycles. The topological polar surface area (TPSA) is 63.1 Å². The minimum atomic E-state index is -0.312. The number of fused-ring (bicyclic) bond motifs is 1. The van der Waals surface area contributed by atoms with Crippen LogP contribution in [0.25, 0.3) is 0 Å². The third-order valence-corrected chi connectivity index (χ3v) is 4.54. The summed E-state index contributed by atoms with van der Waals surface area (Å²) in [6.45, 7) is 4.09. The van der Waals surface area contributed by atoms with Gasteiger partial charge in [-0.05, 0) is 56.0 Å². The van der Waals surface area contributed by atoms with Crippen molar-refractivity contribution < 1.29 is 14.0 Å². The zero-order valence-electron chi connectivity index (χ0n) is 14.0. The smallest absolute Gasteiger partial charge is 0.272 e. The minimum absolute atomic E-state index is 0.132. The molecule has 0 radical (unpaired) electrons. The predicted molar refractivity (Wildman–Crippen MR) is 89.9 cm³/mol. The maximum Gasteiger partial charge on any atom is 0.272 e. The molecule has 0 saturated heterocycles. The van der Waals surface area contributed by atoms with E-state index in [1.165, 1.54) is 12.1 Å². The lowest BCUT2D eigenvalue weighted by Gasteiger charge is -2.10. The molecule has 0 aliphatic carbocycles. The normalized spacial score (nSPS) is 13.9. The molecular formula is C18H20FN3O2. The maximum atomic E-state index is 13.4. The Balaban J connectivity index is 1.99. The predicted octanol–water partition coefficient (Wildman–Crippen LogP) is 2.71. The van der Waals surface area contributed by atoms with Crippen LogP contribution in [0.15, 0.2) is 18.2 Å². The average molecular weight is 329 g/mol. The van der Waals surface area contributed by atoms with Crippen molar-refractivity contribution in [1.82, 2.24) is 9.88 Å². The Labute approximate surface area is 139 Å². The van der Waals surface area contributed by atoms with Gasteiger partial charge in [0.15, 0.2) is 0 Å². The molecule has 126 valence electrons. The van der Waals surface area contributed by atoms with E-state index >= 15 is 0 Å². The Morgan fingerprint density at radius 2 is 2.08 bits per heavy atom. The van der Waals surface area contributed by atoms with E-state index in [0.29, 0.717) is 35.5 Å². The van der Waals surface area contributed by atoms with Gasteiger partial charge in [-0.1, -0.05) is 0 Å². The summed E-state index contributed by atoms with van der Waals surface area (Å²) in [4.78, 5) is 25.0. The standard InChI is InChI=1S/C18H20FN3O2/c1-10-9-12(6-7-14(10)19)21-18(24)16-13-5-4-8-20-17(23)15(13)11(2)22(16)3/h6-7,9H,4-5,8H2,1-3H3,(H,20,23)(H,21,24). The molecule has 1 aliphatic heterocycles. The summed E-state index contributed by atoms with van der Waals surface area (Å²) < 4.78 is 15.1. The van der Waals surface area contributed by atoms with Gasteiger partial charge in [-0.2, -0.15) is 0 Å². The number of anilines is 1. The number of nitrogens with zero attached hydrogens (tertiary/aromatic N) is 1. The fourth-order valence-electron chi connectivity index (χ4n) is 3.18. The average Bonchev–Trinajstić information content (AvgIpc) is 2.67. The molecule has 0 spiro atoms. The second-order valence-electron chi connectivity index (χ2n) is 6.12. The van der Waals surface area contributed by atoms with Crippen LogP contribution in [0.2, 0.25) is 0 Å². The molecule has 2 amide bonds. The Kier molecular flexibility index (Phi) is 4.13. The van der Waals surface area contributed by atoms with Crippen LogP contribution in [0.3, 0.4) is 0 Å². The number of hydrogen-bond donors (Lipinski definition) is 2. The Morgan fingerprint density at radius 3 is 2.79 bits per heavy atom. The van der Waals surface area contributed by atoms with Crippen LogP contribution in [0.4, 0.5) is 10.1 Å². The van der Waals surface area contributed by atoms with Crippen molar-refractivity contribution >= 4 is 17.5 Å². The van der Waals surface area contributed by atoms with Crippen molar-refractivity contribution in [3.63, 3.8) is 0 Å². The number of benzene rings is 1. The second-order valence-corrected chi connectivity index (χ2v) is 6.12. The van der Waals surface area contributed by atoms with Gasteiger partial charge in [0, 0.05) is 25.0 Å². The highest BCUT2D eigenvalue weighted by Crippen LogP contribution is 2.26. The molecular weight excluding hydrogens is 309 g/mol. The van der Waals surface area contributed by atoms with Crippen molar-refractivity contribution in [2.24, 2.45) is 7.05 Å². The van der Waals surface area contributed by atoms with Crippen molar-refractivity contribution in [2.75, 3.05) is 11.9 Å². The monoisotopic (exact) mass is 329 g/mol. The Bertz CT molecular complexity index is 839. The number of carbonyl (C=O) groups is 2. The number of nitrogens with one attached hydrogen (secondary N) is 2. The first-order chi connectivity index (χ1) is 11.4. The molecule has 0 unspecified atom stereocenters. The van der Waals surface area contributed by atoms with Crippen LogP contribution in [-0.4, -0.2) is 22.9 Å². The van der Waals surface area contributed by atoms with Crippen LogP contribution in [-0.2, 0) is 13.5 Å². The van der Waals surface area contributed by atoms with Crippen LogP contribution in [0.5, 0.6) is 0 Å². The van der Waals surface area contributed by atoms with Gasteiger partial charge >= 0.3 is 0 Å². The van der Waals surface area contributed by atoms with E-state index in [0.717, 1.165) is 17.7 Å². The summed E-state index contributed by atoms with van der Waals surface area (Å²) in [6.07, 6.45) is 1.46. The first-order valence-electron chi connectivity index (χ1n) is 7.94. The van der Waals surface area contributed by atoms with Crippen LogP contribution >= 0.6 is 0 Å². The maximum absolute atomic E-state index is 13.4. The molecule has 0 fully saturated rings.